The Morgan fingerprint density at radius 3 is 2.90 bits per heavy atom. The summed E-state index contributed by atoms with van der Waals surface area (Å²) >= 11 is 0. The van der Waals surface area contributed by atoms with E-state index in [9.17, 15) is 9.90 Å². The van der Waals surface area contributed by atoms with Crippen molar-refractivity contribution in [2.45, 2.75) is 20.0 Å². The average molecular weight is 269 g/mol. The first-order chi connectivity index (χ1) is 9.69. The summed E-state index contributed by atoms with van der Waals surface area (Å²) in [4.78, 5) is 11.3. The zero-order valence-electron chi connectivity index (χ0n) is 11.2. The number of aromatic nitrogens is 3. The number of hydrogen-bond acceptors (Lipinski definition) is 2. The minimum absolute atomic E-state index is 0.329. The zero-order chi connectivity index (χ0) is 14.1. The summed E-state index contributed by atoms with van der Waals surface area (Å²) in [5.41, 5.74) is 2.14. The first-order valence-corrected chi connectivity index (χ1v) is 6.51. The molecule has 0 radical (unpaired) electrons. The molecule has 2 aromatic heterocycles. The van der Waals surface area contributed by atoms with Gasteiger partial charge in [0.1, 0.15) is 0 Å². The van der Waals surface area contributed by atoms with Crippen molar-refractivity contribution in [1.82, 2.24) is 14.3 Å². The Hall–Kier alpha value is -2.56. The van der Waals surface area contributed by atoms with Crippen molar-refractivity contribution in [3.8, 4) is 0 Å². The molecule has 3 rings (SSSR count). The summed E-state index contributed by atoms with van der Waals surface area (Å²) in [6.45, 7) is 3.48. The predicted molar refractivity (Wildman–Crippen MR) is 75.9 cm³/mol. The Balaban J connectivity index is 2.05. The van der Waals surface area contributed by atoms with Crippen LogP contribution in [-0.2, 0) is 13.1 Å². The molecule has 5 nitrogen and oxygen atoms in total. The van der Waals surface area contributed by atoms with Gasteiger partial charge in [0.25, 0.3) is 0 Å². The van der Waals surface area contributed by atoms with E-state index in [1.54, 1.807) is 12.1 Å². The van der Waals surface area contributed by atoms with Gasteiger partial charge in [0.15, 0.2) is 0 Å². The van der Waals surface area contributed by atoms with E-state index in [0.29, 0.717) is 12.1 Å². The van der Waals surface area contributed by atoms with E-state index < -0.39 is 5.97 Å². The van der Waals surface area contributed by atoms with Crippen LogP contribution < -0.4 is 0 Å². The molecule has 0 amide bonds. The van der Waals surface area contributed by atoms with Gasteiger partial charge in [0, 0.05) is 29.9 Å². The highest BCUT2D eigenvalue weighted by Crippen LogP contribution is 2.21. The third-order valence-corrected chi connectivity index (χ3v) is 3.38. The minimum Gasteiger partial charge on any atom is -0.478 e. The Kier molecular flexibility index (Phi) is 3.02. The van der Waals surface area contributed by atoms with E-state index in [1.165, 1.54) is 0 Å². The van der Waals surface area contributed by atoms with Gasteiger partial charge in [-0.15, -0.1) is 0 Å². The van der Waals surface area contributed by atoms with Crippen LogP contribution in [0.1, 0.15) is 22.8 Å². The third kappa shape index (κ3) is 2.07. The van der Waals surface area contributed by atoms with Crippen LogP contribution in [0.2, 0.25) is 0 Å². The van der Waals surface area contributed by atoms with Crippen molar-refractivity contribution in [3.05, 3.63) is 54.0 Å². The number of carboxylic acid groups (broad SMARTS) is 1. The van der Waals surface area contributed by atoms with Crippen LogP contribution >= 0.6 is 0 Å². The number of rotatable bonds is 4. The van der Waals surface area contributed by atoms with Crippen molar-refractivity contribution >= 4 is 16.9 Å². The fourth-order valence-electron chi connectivity index (χ4n) is 2.42. The van der Waals surface area contributed by atoms with Crippen LogP contribution in [0, 0.1) is 0 Å². The SMILES string of the molecule is CCn1cc(Cn2ccc3cccc(C(=O)O)c32)cn1. The number of nitrogens with zero attached hydrogens (tertiary/aromatic N) is 3. The topological polar surface area (TPSA) is 60.0 Å². The van der Waals surface area contributed by atoms with Gasteiger partial charge < -0.3 is 9.67 Å². The summed E-state index contributed by atoms with van der Waals surface area (Å²) < 4.78 is 3.81. The van der Waals surface area contributed by atoms with Gasteiger partial charge in [-0.3, -0.25) is 4.68 Å². The van der Waals surface area contributed by atoms with Crippen LogP contribution in [0.4, 0.5) is 0 Å². The number of benzene rings is 1. The molecule has 0 fully saturated rings. The molecule has 2 heterocycles. The van der Waals surface area contributed by atoms with Crippen molar-refractivity contribution in [1.29, 1.82) is 0 Å². The molecule has 0 saturated carbocycles. The lowest BCUT2D eigenvalue weighted by atomic mass is 10.1. The second kappa shape index (κ2) is 4.85. The highest BCUT2D eigenvalue weighted by Gasteiger charge is 2.12. The summed E-state index contributed by atoms with van der Waals surface area (Å²) in [6.07, 6.45) is 5.72. The number of aryl methyl sites for hydroxylation is 1. The molecule has 0 unspecified atom stereocenters. The molecule has 20 heavy (non-hydrogen) atoms. The van der Waals surface area contributed by atoms with Crippen LogP contribution in [-0.4, -0.2) is 25.4 Å². The van der Waals surface area contributed by atoms with Crippen LogP contribution in [0.25, 0.3) is 10.9 Å². The number of hydrogen-bond donors (Lipinski definition) is 1. The maximum atomic E-state index is 11.3. The maximum absolute atomic E-state index is 11.3. The molecule has 3 aromatic rings. The van der Waals surface area contributed by atoms with Gasteiger partial charge in [-0.05, 0) is 19.1 Å². The third-order valence-electron chi connectivity index (χ3n) is 3.38. The van der Waals surface area contributed by atoms with Gasteiger partial charge >= 0.3 is 5.97 Å². The quantitative estimate of drug-likeness (QED) is 0.792. The highest BCUT2D eigenvalue weighted by molar-refractivity contribution is 6.02. The molecule has 0 aliphatic rings. The van der Waals surface area contributed by atoms with Crippen LogP contribution in [0.5, 0.6) is 0 Å². The van der Waals surface area contributed by atoms with Gasteiger partial charge in [0.05, 0.1) is 23.8 Å². The van der Waals surface area contributed by atoms with Crippen LogP contribution in [0.3, 0.4) is 0 Å². The number of carboxylic acids is 1. The Labute approximate surface area is 116 Å². The molecule has 102 valence electrons. The Morgan fingerprint density at radius 2 is 2.20 bits per heavy atom. The fraction of sp³-hybridized carbons (Fsp3) is 0.200. The Morgan fingerprint density at radius 1 is 1.35 bits per heavy atom. The standard InChI is InChI=1S/C15H15N3O2/c1-2-18-10-11(8-16-18)9-17-7-6-12-4-3-5-13(14(12)17)15(19)20/h3-8,10H,2,9H2,1H3,(H,19,20). The largest absolute Gasteiger partial charge is 0.478 e. The lowest BCUT2D eigenvalue weighted by Gasteiger charge is -2.06. The lowest BCUT2D eigenvalue weighted by Crippen LogP contribution is -2.03. The van der Waals surface area contributed by atoms with E-state index in [0.717, 1.165) is 23.0 Å². The first-order valence-electron chi connectivity index (χ1n) is 6.51. The monoisotopic (exact) mass is 269 g/mol. The summed E-state index contributed by atoms with van der Waals surface area (Å²) in [6, 6.07) is 7.27. The molecular weight excluding hydrogens is 254 g/mol. The van der Waals surface area contributed by atoms with E-state index in [4.69, 9.17) is 0 Å². The number of carbonyl (C=O) groups is 1. The Bertz CT molecular complexity index is 770. The van der Waals surface area contributed by atoms with E-state index in [1.807, 2.05) is 46.9 Å². The zero-order valence-corrected chi connectivity index (χ0v) is 11.2. The molecule has 0 bridgehead atoms. The molecule has 1 N–H and O–H groups in total. The van der Waals surface area contributed by atoms with Crippen molar-refractivity contribution in [2.75, 3.05) is 0 Å². The summed E-state index contributed by atoms with van der Waals surface area (Å²) in [5, 5.41) is 14.5. The molecule has 1 aromatic carbocycles. The van der Waals surface area contributed by atoms with Crippen molar-refractivity contribution in [3.63, 3.8) is 0 Å². The number of para-hydroxylation sites is 1. The summed E-state index contributed by atoms with van der Waals surface area (Å²) in [7, 11) is 0. The van der Waals surface area contributed by atoms with E-state index >= 15 is 0 Å². The molecule has 0 aliphatic heterocycles. The fourth-order valence-corrected chi connectivity index (χ4v) is 2.42. The normalized spacial score (nSPS) is 11.1. The lowest BCUT2D eigenvalue weighted by molar-refractivity contribution is 0.0698. The second-order valence-electron chi connectivity index (χ2n) is 4.70. The van der Waals surface area contributed by atoms with Gasteiger partial charge in [-0.1, -0.05) is 12.1 Å². The maximum Gasteiger partial charge on any atom is 0.337 e. The number of aromatic carboxylic acids is 1. The second-order valence-corrected chi connectivity index (χ2v) is 4.70. The molecule has 0 saturated heterocycles. The minimum atomic E-state index is -0.903. The van der Waals surface area contributed by atoms with Crippen molar-refractivity contribution in [2.24, 2.45) is 0 Å². The molecule has 0 spiro atoms. The molecule has 0 aliphatic carbocycles. The van der Waals surface area contributed by atoms with E-state index in [-0.39, 0.29) is 0 Å². The van der Waals surface area contributed by atoms with E-state index in [2.05, 4.69) is 5.10 Å². The first kappa shape index (κ1) is 12.5. The van der Waals surface area contributed by atoms with Gasteiger partial charge in [0.2, 0.25) is 0 Å². The molecule has 5 heteroatoms. The average Bonchev–Trinajstić information content (AvgIpc) is 3.06. The number of fused-ring (bicyclic) bond motifs is 1. The summed E-state index contributed by atoms with van der Waals surface area (Å²) in [5.74, 6) is -0.903. The van der Waals surface area contributed by atoms with Crippen LogP contribution in [0.15, 0.2) is 42.9 Å². The highest BCUT2D eigenvalue weighted by atomic mass is 16.4. The van der Waals surface area contributed by atoms with Gasteiger partial charge in [-0.25, -0.2) is 4.79 Å². The molecule has 0 atom stereocenters. The van der Waals surface area contributed by atoms with Gasteiger partial charge in [-0.2, -0.15) is 5.10 Å². The van der Waals surface area contributed by atoms with Crippen molar-refractivity contribution < 1.29 is 9.90 Å². The molecular formula is C15H15N3O2. The predicted octanol–water partition coefficient (Wildman–Crippen LogP) is 2.60. The smallest absolute Gasteiger partial charge is 0.337 e.